The second-order valence-electron chi connectivity index (χ2n) is 8.94. The molecular weight excluding hydrogens is 462 g/mol. The maximum atomic E-state index is 12.7. The Labute approximate surface area is 196 Å². The number of carboxylic acids is 1. The van der Waals surface area contributed by atoms with E-state index in [0.29, 0.717) is 22.8 Å². The number of hydrogen-bond donors (Lipinski definition) is 1. The first-order valence-electron chi connectivity index (χ1n) is 10.5. The number of nitrogens with zero attached hydrogens (tertiary/aromatic N) is 3. The van der Waals surface area contributed by atoms with Gasteiger partial charge in [-0.3, -0.25) is 4.79 Å². The molecule has 174 valence electrons. The van der Waals surface area contributed by atoms with E-state index in [9.17, 15) is 23.1 Å². The smallest absolute Gasteiger partial charge is 0.327 e. The Morgan fingerprint density at radius 3 is 2.45 bits per heavy atom. The Morgan fingerprint density at radius 2 is 1.79 bits per heavy atom. The predicted molar refractivity (Wildman–Crippen MR) is 126 cm³/mol. The third-order valence-corrected chi connectivity index (χ3v) is 8.40. The van der Waals surface area contributed by atoms with Crippen molar-refractivity contribution in [3.63, 3.8) is 0 Å². The highest BCUT2D eigenvalue weighted by Crippen LogP contribution is 2.38. The van der Waals surface area contributed by atoms with Crippen LogP contribution in [0.3, 0.4) is 0 Å². The molecule has 1 aromatic heterocycles. The molecule has 0 spiro atoms. The van der Waals surface area contributed by atoms with Crippen molar-refractivity contribution in [2.45, 2.75) is 43.3 Å². The predicted octanol–water partition coefficient (Wildman–Crippen LogP) is 4.04. The summed E-state index contributed by atoms with van der Waals surface area (Å²) in [6, 6.07) is 12.8. The van der Waals surface area contributed by atoms with E-state index in [-0.39, 0.29) is 17.0 Å². The van der Waals surface area contributed by atoms with Crippen LogP contribution < -0.4 is 0 Å². The molecule has 1 atom stereocenters. The first kappa shape index (κ1) is 23.3. The molecule has 0 radical (unpaired) electrons. The van der Waals surface area contributed by atoms with Gasteiger partial charge in [-0.15, -0.1) is 0 Å². The number of hydrogen-bond acceptors (Lipinski definition) is 6. The van der Waals surface area contributed by atoms with Crippen LogP contribution in [0.5, 0.6) is 0 Å². The molecule has 8 nitrogen and oxygen atoms in total. The number of aromatic nitrogens is 2. The fraction of sp³-hybridized carbons (Fsp3) is 0.348. The number of thioether (sulfide) groups is 1. The summed E-state index contributed by atoms with van der Waals surface area (Å²) in [5.41, 5.74) is 1.06. The lowest BCUT2D eigenvalue weighted by Gasteiger charge is -2.29. The van der Waals surface area contributed by atoms with E-state index in [2.05, 4.69) is 4.98 Å². The molecule has 1 N–H and O–H groups in total. The van der Waals surface area contributed by atoms with Gasteiger partial charge < -0.3 is 9.67 Å². The maximum Gasteiger partial charge on any atom is 0.327 e. The number of carbonyl (C=O) groups excluding carboxylic acids is 1. The number of aliphatic carboxylic acids is 1. The van der Waals surface area contributed by atoms with Gasteiger partial charge in [0.05, 0.1) is 16.6 Å². The van der Waals surface area contributed by atoms with E-state index in [1.54, 1.807) is 16.7 Å². The molecule has 1 unspecified atom stereocenters. The van der Waals surface area contributed by atoms with Gasteiger partial charge in [0, 0.05) is 12.3 Å². The van der Waals surface area contributed by atoms with Crippen LogP contribution in [0.1, 0.15) is 43.6 Å². The van der Waals surface area contributed by atoms with Crippen LogP contribution in [0.25, 0.3) is 11.0 Å². The molecule has 0 fully saturated rings. The lowest BCUT2D eigenvalue weighted by Crippen LogP contribution is -2.32. The zero-order valence-corrected chi connectivity index (χ0v) is 20.2. The topological polar surface area (TPSA) is 110 Å². The van der Waals surface area contributed by atoms with Crippen molar-refractivity contribution in [1.82, 2.24) is 13.9 Å². The van der Waals surface area contributed by atoms with Gasteiger partial charge in [-0.05, 0) is 36.1 Å². The molecule has 2 heterocycles. The van der Waals surface area contributed by atoms with Crippen molar-refractivity contribution in [2.24, 2.45) is 5.41 Å². The van der Waals surface area contributed by atoms with Crippen molar-refractivity contribution < 1.29 is 23.1 Å². The van der Waals surface area contributed by atoms with Crippen LogP contribution in [-0.2, 0) is 14.8 Å². The molecule has 33 heavy (non-hydrogen) atoms. The van der Waals surface area contributed by atoms with Gasteiger partial charge in [0.15, 0.2) is 5.16 Å². The largest absolute Gasteiger partial charge is 0.480 e. The van der Waals surface area contributed by atoms with E-state index in [1.807, 2.05) is 45.0 Å². The number of para-hydroxylation sites is 2. The van der Waals surface area contributed by atoms with E-state index >= 15 is 0 Å². The molecule has 0 saturated carbocycles. The van der Waals surface area contributed by atoms with E-state index in [1.165, 1.54) is 23.9 Å². The first-order chi connectivity index (χ1) is 15.5. The summed E-state index contributed by atoms with van der Waals surface area (Å²) >= 11 is 1.36. The van der Waals surface area contributed by atoms with Crippen LogP contribution in [0.15, 0.2) is 58.6 Å². The van der Waals surface area contributed by atoms with E-state index in [0.717, 1.165) is 9.82 Å². The van der Waals surface area contributed by atoms with Gasteiger partial charge in [0.1, 0.15) is 10.9 Å². The average molecular weight is 488 g/mol. The Bertz CT molecular complexity index is 1340. The summed E-state index contributed by atoms with van der Waals surface area (Å²) in [7, 11) is -3.84. The Hall–Kier alpha value is -2.85. The lowest BCUT2D eigenvalue weighted by molar-refractivity contribution is -0.144. The Kier molecular flexibility index (Phi) is 6.00. The fourth-order valence-electron chi connectivity index (χ4n) is 4.07. The van der Waals surface area contributed by atoms with Gasteiger partial charge >= 0.3 is 5.97 Å². The van der Waals surface area contributed by atoms with Gasteiger partial charge in [-0.25, -0.2) is 22.5 Å². The average Bonchev–Trinajstić information content (AvgIpc) is 3.18. The summed E-state index contributed by atoms with van der Waals surface area (Å²) in [6.45, 7) is 5.66. The zero-order valence-electron chi connectivity index (χ0n) is 18.6. The number of benzene rings is 2. The van der Waals surface area contributed by atoms with Gasteiger partial charge in [0.25, 0.3) is 15.9 Å². The van der Waals surface area contributed by atoms with Crippen LogP contribution in [0.2, 0.25) is 0 Å². The third-order valence-electron chi connectivity index (χ3n) is 5.52. The van der Waals surface area contributed by atoms with Crippen molar-refractivity contribution in [3.8, 4) is 0 Å². The van der Waals surface area contributed by atoms with Crippen LogP contribution in [0.4, 0.5) is 0 Å². The second kappa shape index (κ2) is 8.49. The van der Waals surface area contributed by atoms with Crippen LogP contribution >= 0.6 is 11.8 Å². The van der Waals surface area contributed by atoms with E-state index < -0.39 is 33.4 Å². The number of carbonyl (C=O) groups is 2. The maximum absolute atomic E-state index is 12.7. The number of amides is 1. The molecule has 4 rings (SSSR count). The summed E-state index contributed by atoms with van der Waals surface area (Å²) < 4.78 is 28.1. The Balaban J connectivity index is 1.54. The molecular formula is C23H25N3O5S2. The van der Waals surface area contributed by atoms with Crippen molar-refractivity contribution in [3.05, 3.63) is 54.1 Å². The third kappa shape index (κ3) is 4.13. The second-order valence-corrected chi connectivity index (χ2v) is 11.8. The van der Waals surface area contributed by atoms with Crippen molar-refractivity contribution in [1.29, 1.82) is 0 Å². The number of imidazole rings is 1. The standard InChI is InChI=1S/C23H25N3O5S2/c1-23(2,3)19(21(28)29)26-17-11-6-5-10-16(17)24-22(26)32-14-8-13-25-20(27)15-9-4-7-12-18(15)33(25,30)31/h4-7,9-12,19H,8,13-14H2,1-3H3,(H,28,29). The quantitative estimate of drug-likeness (QED) is 0.396. The molecule has 1 aliphatic heterocycles. The summed E-state index contributed by atoms with van der Waals surface area (Å²) in [5, 5.41) is 10.5. The molecule has 1 aliphatic rings. The minimum atomic E-state index is -3.84. The molecule has 2 aromatic carbocycles. The summed E-state index contributed by atoms with van der Waals surface area (Å²) in [5.74, 6) is -0.990. The zero-order chi connectivity index (χ0) is 24.0. The van der Waals surface area contributed by atoms with Gasteiger partial charge in [0.2, 0.25) is 0 Å². The highest BCUT2D eigenvalue weighted by molar-refractivity contribution is 7.99. The number of carboxylic acid groups (broad SMARTS) is 1. The minimum absolute atomic E-state index is 0.0407. The number of fused-ring (bicyclic) bond motifs is 2. The SMILES string of the molecule is CC(C)(C)C(C(=O)O)n1c(SCCCN2C(=O)c3ccccc3S2(=O)=O)nc2ccccc21. The lowest BCUT2D eigenvalue weighted by atomic mass is 9.86. The minimum Gasteiger partial charge on any atom is -0.480 e. The van der Waals surface area contributed by atoms with Crippen LogP contribution in [0, 0.1) is 5.41 Å². The van der Waals surface area contributed by atoms with Crippen molar-refractivity contribution in [2.75, 3.05) is 12.3 Å². The van der Waals surface area contributed by atoms with E-state index in [4.69, 9.17) is 0 Å². The summed E-state index contributed by atoms with van der Waals surface area (Å²) in [4.78, 5) is 29.5. The monoisotopic (exact) mass is 487 g/mol. The number of sulfonamides is 1. The molecule has 0 bridgehead atoms. The highest BCUT2D eigenvalue weighted by atomic mass is 32.2. The van der Waals surface area contributed by atoms with Gasteiger partial charge in [-0.1, -0.05) is 56.8 Å². The number of rotatable bonds is 7. The molecule has 0 aliphatic carbocycles. The normalized spacial score (nSPS) is 16.2. The molecule has 3 aromatic rings. The first-order valence-corrected chi connectivity index (χ1v) is 12.9. The van der Waals surface area contributed by atoms with Crippen LogP contribution in [-0.4, -0.2) is 51.6 Å². The Morgan fingerprint density at radius 1 is 1.12 bits per heavy atom. The molecule has 1 amide bonds. The molecule has 0 saturated heterocycles. The van der Waals surface area contributed by atoms with Crippen molar-refractivity contribution >= 4 is 44.7 Å². The molecule has 10 heteroatoms. The fourth-order valence-corrected chi connectivity index (χ4v) is 6.63. The highest BCUT2D eigenvalue weighted by Gasteiger charge is 2.40. The summed E-state index contributed by atoms with van der Waals surface area (Å²) in [6.07, 6.45) is 0.403. The van der Waals surface area contributed by atoms with Gasteiger partial charge in [-0.2, -0.15) is 0 Å².